The molecule has 0 bridgehead atoms. The second-order valence-electron chi connectivity index (χ2n) is 6.49. The molecular formula is C21H21NO3S. The molecule has 2 aliphatic rings. The standard InChI is InChI=1S/C21H21NO3S/c1-26-18-6-2-15(3-7-18)4-9-21(23)22-11-10-17(13-22)16-5-8-19-20(12-16)25-14-24-19/h2-9,12,17H,10-11,13-14H2,1H3/b9-4+. The Morgan fingerprint density at radius 1 is 1.15 bits per heavy atom. The predicted molar refractivity (Wildman–Crippen MR) is 104 cm³/mol. The summed E-state index contributed by atoms with van der Waals surface area (Å²) in [5, 5.41) is 0. The molecule has 1 fully saturated rings. The average Bonchev–Trinajstić information content (AvgIpc) is 3.35. The van der Waals surface area contributed by atoms with Crippen LogP contribution in [0.25, 0.3) is 6.08 Å². The van der Waals surface area contributed by atoms with Gasteiger partial charge in [-0.2, -0.15) is 0 Å². The number of carbonyl (C=O) groups is 1. The van der Waals surface area contributed by atoms with E-state index in [1.165, 1.54) is 10.5 Å². The van der Waals surface area contributed by atoms with Gasteiger partial charge >= 0.3 is 0 Å². The molecule has 134 valence electrons. The predicted octanol–water partition coefficient (Wildman–Crippen LogP) is 4.17. The van der Waals surface area contributed by atoms with Crippen molar-refractivity contribution >= 4 is 23.7 Å². The van der Waals surface area contributed by atoms with Crippen LogP contribution in [0.1, 0.15) is 23.5 Å². The third kappa shape index (κ3) is 3.58. The normalized spacial score (nSPS) is 18.7. The molecule has 2 aliphatic heterocycles. The fraction of sp³-hybridized carbons (Fsp3) is 0.286. The molecule has 0 saturated carbocycles. The molecule has 2 aromatic carbocycles. The van der Waals surface area contributed by atoms with Gasteiger partial charge in [0, 0.05) is 30.0 Å². The van der Waals surface area contributed by atoms with E-state index in [0.717, 1.165) is 36.6 Å². The maximum atomic E-state index is 12.5. The summed E-state index contributed by atoms with van der Waals surface area (Å²) in [6.07, 6.45) is 6.59. The van der Waals surface area contributed by atoms with Crippen molar-refractivity contribution in [2.24, 2.45) is 0 Å². The molecule has 1 atom stereocenters. The molecule has 0 aromatic heterocycles. The lowest BCUT2D eigenvalue weighted by Crippen LogP contribution is -2.26. The van der Waals surface area contributed by atoms with Gasteiger partial charge in [-0.25, -0.2) is 0 Å². The van der Waals surface area contributed by atoms with Crippen LogP contribution in [0.4, 0.5) is 0 Å². The number of hydrogen-bond donors (Lipinski definition) is 0. The Labute approximate surface area is 157 Å². The molecule has 2 aromatic rings. The number of likely N-dealkylation sites (tertiary alicyclic amines) is 1. The Morgan fingerprint density at radius 2 is 1.96 bits per heavy atom. The highest BCUT2D eigenvalue weighted by molar-refractivity contribution is 7.98. The first-order valence-corrected chi connectivity index (χ1v) is 9.96. The van der Waals surface area contributed by atoms with E-state index in [9.17, 15) is 4.79 Å². The van der Waals surface area contributed by atoms with Crippen LogP contribution >= 0.6 is 11.8 Å². The second kappa shape index (κ2) is 7.46. The van der Waals surface area contributed by atoms with E-state index in [0.29, 0.717) is 5.92 Å². The van der Waals surface area contributed by atoms with Crippen molar-refractivity contribution in [3.8, 4) is 11.5 Å². The number of nitrogens with zero attached hydrogens (tertiary/aromatic N) is 1. The molecule has 1 saturated heterocycles. The van der Waals surface area contributed by atoms with Gasteiger partial charge < -0.3 is 14.4 Å². The first-order chi connectivity index (χ1) is 12.7. The lowest BCUT2D eigenvalue weighted by atomic mass is 9.98. The van der Waals surface area contributed by atoms with Gasteiger partial charge in [-0.05, 0) is 54.1 Å². The van der Waals surface area contributed by atoms with Gasteiger partial charge in [0.15, 0.2) is 11.5 Å². The number of ether oxygens (including phenoxy) is 2. The Balaban J connectivity index is 1.38. The van der Waals surface area contributed by atoms with Crippen LogP contribution in [-0.2, 0) is 4.79 Å². The van der Waals surface area contributed by atoms with E-state index >= 15 is 0 Å². The highest BCUT2D eigenvalue weighted by atomic mass is 32.2. The lowest BCUT2D eigenvalue weighted by molar-refractivity contribution is -0.124. The quantitative estimate of drug-likeness (QED) is 0.601. The number of carbonyl (C=O) groups excluding carboxylic acids is 1. The van der Waals surface area contributed by atoms with E-state index in [-0.39, 0.29) is 12.7 Å². The van der Waals surface area contributed by atoms with Crippen LogP contribution in [0.5, 0.6) is 11.5 Å². The lowest BCUT2D eigenvalue weighted by Gasteiger charge is -2.15. The number of amides is 1. The Morgan fingerprint density at radius 3 is 2.77 bits per heavy atom. The van der Waals surface area contributed by atoms with E-state index < -0.39 is 0 Å². The summed E-state index contributed by atoms with van der Waals surface area (Å²) in [4.78, 5) is 15.6. The number of rotatable bonds is 4. The van der Waals surface area contributed by atoms with Crippen molar-refractivity contribution in [1.82, 2.24) is 4.90 Å². The molecule has 0 spiro atoms. The van der Waals surface area contributed by atoms with Gasteiger partial charge in [0.25, 0.3) is 0 Å². The van der Waals surface area contributed by atoms with Crippen molar-refractivity contribution in [1.29, 1.82) is 0 Å². The maximum Gasteiger partial charge on any atom is 0.246 e. The average molecular weight is 367 g/mol. The van der Waals surface area contributed by atoms with Crippen molar-refractivity contribution in [3.63, 3.8) is 0 Å². The molecule has 26 heavy (non-hydrogen) atoms. The van der Waals surface area contributed by atoms with Gasteiger partial charge in [0.1, 0.15) is 0 Å². The summed E-state index contributed by atoms with van der Waals surface area (Å²) in [7, 11) is 0. The van der Waals surface area contributed by atoms with Crippen LogP contribution in [0.3, 0.4) is 0 Å². The topological polar surface area (TPSA) is 38.8 Å². The summed E-state index contributed by atoms with van der Waals surface area (Å²) in [5.41, 5.74) is 2.25. The van der Waals surface area contributed by atoms with Crippen molar-refractivity contribution < 1.29 is 14.3 Å². The zero-order valence-corrected chi connectivity index (χ0v) is 15.5. The minimum Gasteiger partial charge on any atom is -0.454 e. The van der Waals surface area contributed by atoms with Crippen molar-refractivity contribution in [2.75, 3.05) is 26.1 Å². The van der Waals surface area contributed by atoms with Gasteiger partial charge in [0.2, 0.25) is 12.7 Å². The Kier molecular flexibility index (Phi) is 4.89. The van der Waals surface area contributed by atoms with Crippen molar-refractivity contribution in [3.05, 3.63) is 59.7 Å². The van der Waals surface area contributed by atoms with Crippen LogP contribution in [0.2, 0.25) is 0 Å². The smallest absolute Gasteiger partial charge is 0.246 e. The Hall–Kier alpha value is -2.40. The Bertz CT molecular complexity index is 832. The second-order valence-corrected chi connectivity index (χ2v) is 7.37. The number of fused-ring (bicyclic) bond motifs is 1. The van der Waals surface area contributed by atoms with Crippen LogP contribution in [0, 0.1) is 0 Å². The third-order valence-corrected chi connectivity index (χ3v) is 5.65. The zero-order valence-electron chi connectivity index (χ0n) is 14.7. The summed E-state index contributed by atoms with van der Waals surface area (Å²) in [6.45, 7) is 1.82. The largest absolute Gasteiger partial charge is 0.454 e. The highest BCUT2D eigenvalue weighted by Gasteiger charge is 2.27. The van der Waals surface area contributed by atoms with Gasteiger partial charge in [-0.1, -0.05) is 18.2 Å². The molecule has 0 aliphatic carbocycles. The molecule has 2 heterocycles. The van der Waals surface area contributed by atoms with E-state index in [1.54, 1.807) is 17.8 Å². The minimum atomic E-state index is 0.0715. The van der Waals surface area contributed by atoms with Crippen LogP contribution in [0.15, 0.2) is 53.4 Å². The van der Waals surface area contributed by atoms with Gasteiger partial charge in [0.05, 0.1) is 0 Å². The first-order valence-electron chi connectivity index (χ1n) is 8.73. The van der Waals surface area contributed by atoms with Crippen LogP contribution < -0.4 is 9.47 Å². The highest BCUT2D eigenvalue weighted by Crippen LogP contribution is 2.37. The van der Waals surface area contributed by atoms with Gasteiger partial charge in [-0.15, -0.1) is 11.8 Å². The zero-order chi connectivity index (χ0) is 17.9. The molecule has 5 heteroatoms. The number of thioether (sulfide) groups is 1. The molecule has 0 N–H and O–H groups in total. The van der Waals surface area contributed by atoms with E-state index in [4.69, 9.17) is 9.47 Å². The van der Waals surface area contributed by atoms with Gasteiger partial charge in [-0.3, -0.25) is 4.79 Å². The SMILES string of the molecule is CSc1ccc(/C=C/C(=O)N2CCC(c3ccc4c(c3)OCO4)C2)cc1. The number of benzene rings is 2. The third-order valence-electron chi connectivity index (χ3n) is 4.90. The summed E-state index contributed by atoms with van der Waals surface area (Å²) in [5.74, 6) is 2.03. The molecule has 4 rings (SSSR count). The molecular weight excluding hydrogens is 346 g/mol. The molecule has 0 radical (unpaired) electrons. The summed E-state index contributed by atoms with van der Waals surface area (Å²) in [6, 6.07) is 14.3. The van der Waals surface area contributed by atoms with Crippen molar-refractivity contribution in [2.45, 2.75) is 17.2 Å². The summed E-state index contributed by atoms with van der Waals surface area (Å²) < 4.78 is 10.8. The van der Waals surface area contributed by atoms with E-state index in [2.05, 4.69) is 24.5 Å². The monoisotopic (exact) mass is 367 g/mol. The molecule has 1 amide bonds. The first kappa shape index (κ1) is 17.0. The van der Waals surface area contributed by atoms with Crippen LogP contribution in [-0.4, -0.2) is 36.9 Å². The molecule has 1 unspecified atom stereocenters. The van der Waals surface area contributed by atoms with E-state index in [1.807, 2.05) is 35.2 Å². The number of hydrogen-bond acceptors (Lipinski definition) is 4. The minimum absolute atomic E-state index is 0.0715. The fourth-order valence-electron chi connectivity index (χ4n) is 3.39. The molecule has 4 nitrogen and oxygen atoms in total. The fourth-order valence-corrected chi connectivity index (χ4v) is 3.80. The maximum absolute atomic E-state index is 12.5. The summed E-state index contributed by atoms with van der Waals surface area (Å²) >= 11 is 1.71.